The molecule has 0 atom stereocenters. The molecule has 2 amide bonds. The van der Waals surface area contributed by atoms with E-state index in [1.165, 1.54) is 12.1 Å². The molecule has 32 heavy (non-hydrogen) atoms. The van der Waals surface area contributed by atoms with Crippen molar-refractivity contribution in [3.63, 3.8) is 0 Å². The fourth-order valence-electron chi connectivity index (χ4n) is 4.11. The van der Waals surface area contributed by atoms with Crippen molar-refractivity contribution >= 4 is 33.6 Å². The van der Waals surface area contributed by atoms with Crippen LogP contribution in [0.15, 0.2) is 72.8 Å². The van der Waals surface area contributed by atoms with Crippen LogP contribution in [0.4, 0.5) is 0 Å². The Morgan fingerprint density at radius 2 is 0.969 bits per heavy atom. The van der Waals surface area contributed by atoms with Crippen LogP contribution in [-0.4, -0.2) is 47.8 Å². The fourth-order valence-corrected chi connectivity index (χ4v) is 4.11. The summed E-state index contributed by atoms with van der Waals surface area (Å²) in [7, 11) is 0. The van der Waals surface area contributed by atoms with Gasteiger partial charge < -0.3 is 20.2 Å². The van der Waals surface area contributed by atoms with E-state index in [2.05, 4.69) is 0 Å². The number of para-hydroxylation sites is 2. The lowest BCUT2D eigenvalue weighted by molar-refractivity contribution is -0.580. The lowest BCUT2D eigenvalue weighted by atomic mass is 10.1. The van der Waals surface area contributed by atoms with Gasteiger partial charge in [0.05, 0.1) is 0 Å². The number of hydrogen-bond acceptors (Lipinski definition) is 4. The molecular weight excluding hydrogens is 408 g/mol. The standard InChI is InChI=1S/C24H20N4O4/c29-23(21-11-9-17-5-1-3-7-19(17)27(21)31)25-13-15-26(16-14-25)24(30)22-12-10-18-6-2-4-8-20(18)28(22)32/h1-12H,13-16H2. The molecule has 4 aromatic rings. The van der Waals surface area contributed by atoms with Crippen molar-refractivity contribution in [2.24, 2.45) is 0 Å². The van der Waals surface area contributed by atoms with Gasteiger partial charge in [0.1, 0.15) is 0 Å². The molecule has 5 rings (SSSR count). The number of carbonyl (C=O) groups is 2. The third-order valence-corrected chi connectivity index (χ3v) is 5.88. The molecule has 8 nitrogen and oxygen atoms in total. The third-order valence-electron chi connectivity index (χ3n) is 5.88. The molecule has 0 aliphatic carbocycles. The quantitative estimate of drug-likeness (QED) is 0.360. The molecule has 1 aliphatic heterocycles. The average molecular weight is 428 g/mol. The van der Waals surface area contributed by atoms with Gasteiger partial charge in [-0.15, -0.1) is 0 Å². The number of aromatic nitrogens is 2. The minimum absolute atomic E-state index is 0.0513. The highest BCUT2D eigenvalue weighted by Gasteiger charge is 2.32. The molecule has 0 radical (unpaired) electrons. The minimum Gasteiger partial charge on any atom is -0.618 e. The van der Waals surface area contributed by atoms with E-state index in [-0.39, 0.29) is 49.4 Å². The van der Waals surface area contributed by atoms with Gasteiger partial charge in [-0.3, -0.25) is 9.59 Å². The summed E-state index contributed by atoms with van der Waals surface area (Å²) in [5, 5.41) is 26.9. The maximum absolute atomic E-state index is 13.0. The summed E-state index contributed by atoms with van der Waals surface area (Å²) in [6, 6.07) is 20.7. The second-order valence-electron chi connectivity index (χ2n) is 7.73. The van der Waals surface area contributed by atoms with Crippen LogP contribution in [0.25, 0.3) is 21.8 Å². The van der Waals surface area contributed by atoms with Gasteiger partial charge in [0.15, 0.2) is 0 Å². The first-order chi connectivity index (χ1) is 15.5. The summed E-state index contributed by atoms with van der Waals surface area (Å²) in [5.41, 5.74) is 0.970. The van der Waals surface area contributed by atoms with Crippen LogP contribution in [0, 0.1) is 10.4 Å². The molecule has 0 spiro atoms. The molecule has 160 valence electrons. The number of hydrogen-bond donors (Lipinski definition) is 0. The number of fused-ring (bicyclic) bond motifs is 2. The van der Waals surface area contributed by atoms with Gasteiger partial charge in [-0.25, -0.2) is 0 Å². The number of pyridine rings is 2. The smallest absolute Gasteiger partial charge is 0.320 e. The van der Waals surface area contributed by atoms with Gasteiger partial charge in [0, 0.05) is 61.2 Å². The van der Waals surface area contributed by atoms with E-state index in [4.69, 9.17) is 0 Å². The Bertz CT molecular complexity index is 1260. The lowest BCUT2D eigenvalue weighted by Crippen LogP contribution is -2.54. The van der Waals surface area contributed by atoms with Crippen LogP contribution in [0.3, 0.4) is 0 Å². The first kappa shape index (κ1) is 19.7. The summed E-state index contributed by atoms with van der Waals surface area (Å²) in [6.07, 6.45) is 0. The predicted octanol–water partition coefficient (Wildman–Crippen LogP) is 1.86. The van der Waals surface area contributed by atoms with E-state index >= 15 is 0 Å². The van der Waals surface area contributed by atoms with E-state index < -0.39 is 0 Å². The van der Waals surface area contributed by atoms with E-state index in [0.29, 0.717) is 20.5 Å². The summed E-state index contributed by atoms with van der Waals surface area (Å²) < 4.78 is 1.31. The SMILES string of the molecule is O=C(c1ccc2ccccc2[n+]1[O-])N1CCN(C(=O)c2ccc3ccccc3[n+]2[O-])CC1. The monoisotopic (exact) mass is 428 g/mol. The second-order valence-corrected chi connectivity index (χ2v) is 7.73. The van der Waals surface area contributed by atoms with Gasteiger partial charge in [0.2, 0.25) is 11.0 Å². The summed E-state index contributed by atoms with van der Waals surface area (Å²) >= 11 is 0. The van der Waals surface area contributed by atoms with Crippen molar-refractivity contribution in [1.29, 1.82) is 0 Å². The Balaban J connectivity index is 1.32. The molecule has 0 N–H and O–H groups in total. The third kappa shape index (κ3) is 3.26. The molecule has 1 saturated heterocycles. The molecule has 8 heteroatoms. The zero-order chi connectivity index (χ0) is 22.2. The topological polar surface area (TPSA) is 94.5 Å². The molecule has 1 aliphatic rings. The van der Waals surface area contributed by atoms with Crippen LogP contribution < -0.4 is 9.46 Å². The highest BCUT2D eigenvalue weighted by molar-refractivity contribution is 5.94. The molecule has 0 saturated carbocycles. The van der Waals surface area contributed by atoms with Crippen molar-refractivity contribution in [1.82, 2.24) is 9.80 Å². The normalized spacial score (nSPS) is 14.1. The Kier molecular flexibility index (Phi) is 4.82. The lowest BCUT2D eigenvalue weighted by Gasteiger charge is -2.33. The molecule has 2 aromatic heterocycles. The molecule has 3 heterocycles. The number of amides is 2. The van der Waals surface area contributed by atoms with Crippen LogP contribution in [0.2, 0.25) is 0 Å². The zero-order valence-corrected chi connectivity index (χ0v) is 17.2. The molecule has 0 bridgehead atoms. The van der Waals surface area contributed by atoms with E-state index in [0.717, 1.165) is 10.8 Å². The summed E-state index contributed by atoms with van der Waals surface area (Å²) in [4.78, 5) is 29.0. The van der Waals surface area contributed by atoms with Crippen molar-refractivity contribution in [3.05, 3.63) is 94.6 Å². The largest absolute Gasteiger partial charge is 0.618 e. The first-order valence-corrected chi connectivity index (χ1v) is 10.4. The average Bonchev–Trinajstić information content (AvgIpc) is 2.84. The van der Waals surface area contributed by atoms with Gasteiger partial charge >= 0.3 is 11.8 Å². The number of carbonyl (C=O) groups excluding carboxylic acids is 2. The summed E-state index contributed by atoms with van der Waals surface area (Å²) in [6.45, 7) is 1.13. The fraction of sp³-hybridized carbons (Fsp3) is 0.167. The Morgan fingerprint density at radius 1 is 0.594 bits per heavy atom. The van der Waals surface area contributed by atoms with Gasteiger partial charge in [-0.05, 0) is 24.3 Å². The summed E-state index contributed by atoms with van der Waals surface area (Å²) in [5.74, 6) is -0.745. The van der Waals surface area contributed by atoms with E-state index in [9.17, 15) is 20.0 Å². The Labute approximate surface area is 183 Å². The van der Waals surface area contributed by atoms with E-state index in [1.54, 1.807) is 46.2 Å². The van der Waals surface area contributed by atoms with Crippen molar-refractivity contribution in [3.8, 4) is 0 Å². The maximum atomic E-state index is 13.0. The molecule has 2 aromatic carbocycles. The van der Waals surface area contributed by atoms with Crippen molar-refractivity contribution in [2.75, 3.05) is 26.2 Å². The molecule has 1 fully saturated rings. The van der Waals surface area contributed by atoms with Crippen molar-refractivity contribution < 1.29 is 19.0 Å². The highest BCUT2D eigenvalue weighted by Crippen LogP contribution is 2.15. The number of rotatable bonds is 2. The number of benzene rings is 2. The van der Waals surface area contributed by atoms with E-state index in [1.807, 2.05) is 24.3 Å². The van der Waals surface area contributed by atoms with Crippen LogP contribution in [0.1, 0.15) is 21.0 Å². The van der Waals surface area contributed by atoms with Crippen LogP contribution in [0.5, 0.6) is 0 Å². The Hall–Kier alpha value is -4.20. The van der Waals surface area contributed by atoms with Gasteiger partial charge in [-0.1, -0.05) is 24.3 Å². The predicted molar refractivity (Wildman–Crippen MR) is 118 cm³/mol. The molecular formula is C24H20N4O4. The van der Waals surface area contributed by atoms with Crippen LogP contribution >= 0.6 is 0 Å². The minimum atomic E-state index is -0.373. The maximum Gasteiger partial charge on any atom is 0.320 e. The van der Waals surface area contributed by atoms with Crippen LogP contribution in [-0.2, 0) is 0 Å². The van der Waals surface area contributed by atoms with Crippen molar-refractivity contribution in [2.45, 2.75) is 0 Å². The number of nitrogens with zero attached hydrogens (tertiary/aromatic N) is 4. The van der Waals surface area contributed by atoms with Gasteiger partial charge in [-0.2, -0.15) is 9.46 Å². The Morgan fingerprint density at radius 3 is 1.38 bits per heavy atom. The van der Waals surface area contributed by atoms with Gasteiger partial charge in [0.25, 0.3) is 11.4 Å². The first-order valence-electron chi connectivity index (χ1n) is 10.4. The highest BCUT2D eigenvalue weighted by atomic mass is 16.5. The zero-order valence-electron chi connectivity index (χ0n) is 17.2. The number of piperazine rings is 1. The molecule has 0 unspecified atom stereocenters. The second kappa shape index (κ2) is 7.81.